The molecule has 1 aromatic heterocycles. The predicted octanol–water partition coefficient (Wildman–Crippen LogP) is 5.84. The van der Waals surface area contributed by atoms with Gasteiger partial charge in [-0.1, -0.05) is 79.9 Å². The van der Waals surface area contributed by atoms with Crippen LogP contribution in [0, 0.1) is 0 Å². The quantitative estimate of drug-likeness (QED) is 0.583. The maximum absolute atomic E-state index is 6.38. The monoisotopic (exact) mass is 346 g/mol. The minimum atomic E-state index is 0.463. The SMILES string of the molecule is CCN=c1oc(-c2ccccc2)c(-c2ccccc2)n1C1CCCCC1. The van der Waals surface area contributed by atoms with Crippen molar-refractivity contribution in [1.82, 2.24) is 4.57 Å². The summed E-state index contributed by atoms with van der Waals surface area (Å²) >= 11 is 0. The second-order valence-corrected chi connectivity index (χ2v) is 6.93. The van der Waals surface area contributed by atoms with Crippen LogP contribution in [0.1, 0.15) is 45.1 Å². The molecule has 3 aromatic rings. The first kappa shape index (κ1) is 16.9. The summed E-state index contributed by atoms with van der Waals surface area (Å²) < 4.78 is 8.75. The molecule has 1 heterocycles. The summed E-state index contributed by atoms with van der Waals surface area (Å²) in [6.45, 7) is 2.79. The predicted molar refractivity (Wildman–Crippen MR) is 106 cm³/mol. The Labute approximate surface area is 155 Å². The zero-order chi connectivity index (χ0) is 17.8. The fraction of sp³-hybridized carbons (Fsp3) is 0.348. The van der Waals surface area contributed by atoms with Crippen LogP contribution in [0.15, 0.2) is 70.1 Å². The van der Waals surface area contributed by atoms with E-state index < -0.39 is 0 Å². The van der Waals surface area contributed by atoms with Gasteiger partial charge in [-0.15, -0.1) is 0 Å². The van der Waals surface area contributed by atoms with Crippen molar-refractivity contribution in [3.05, 3.63) is 66.3 Å². The van der Waals surface area contributed by atoms with E-state index in [-0.39, 0.29) is 0 Å². The van der Waals surface area contributed by atoms with Gasteiger partial charge in [0.25, 0.3) is 5.68 Å². The summed E-state index contributed by atoms with van der Waals surface area (Å²) in [4.78, 5) is 4.71. The maximum Gasteiger partial charge on any atom is 0.297 e. The number of nitrogens with zero attached hydrogens (tertiary/aromatic N) is 2. The average Bonchev–Trinajstić information content (AvgIpc) is 3.09. The minimum Gasteiger partial charge on any atom is -0.423 e. The van der Waals surface area contributed by atoms with Gasteiger partial charge < -0.3 is 4.42 Å². The van der Waals surface area contributed by atoms with Crippen LogP contribution in [0.3, 0.4) is 0 Å². The molecule has 0 atom stereocenters. The maximum atomic E-state index is 6.38. The van der Waals surface area contributed by atoms with Crippen molar-refractivity contribution in [1.29, 1.82) is 0 Å². The van der Waals surface area contributed by atoms with Crippen LogP contribution in [0.4, 0.5) is 0 Å². The zero-order valence-corrected chi connectivity index (χ0v) is 15.4. The molecule has 1 saturated carbocycles. The van der Waals surface area contributed by atoms with Crippen LogP contribution in [0.5, 0.6) is 0 Å². The van der Waals surface area contributed by atoms with Crippen LogP contribution in [0.25, 0.3) is 22.6 Å². The van der Waals surface area contributed by atoms with E-state index in [0.29, 0.717) is 6.04 Å². The fourth-order valence-corrected chi connectivity index (χ4v) is 3.97. The van der Waals surface area contributed by atoms with Gasteiger partial charge in [0, 0.05) is 23.7 Å². The van der Waals surface area contributed by atoms with Gasteiger partial charge in [0.05, 0.1) is 5.69 Å². The molecule has 0 unspecified atom stereocenters. The summed E-state index contributed by atoms with van der Waals surface area (Å²) in [6, 6.07) is 21.5. The van der Waals surface area contributed by atoms with Crippen molar-refractivity contribution in [2.45, 2.75) is 45.1 Å². The summed E-state index contributed by atoms with van der Waals surface area (Å²) in [7, 11) is 0. The molecule has 1 aliphatic rings. The third-order valence-corrected chi connectivity index (χ3v) is 5.17. The van der Waals surface area contributed by atoms with Crippen LogP contribution in [-0.4, -0.2) is 11.1 Å². The molecule has 26 heavy (non-hydrogen) atoms. The molecule has 3 heteroatoms. The second kappa shape index (κ2) is 7.77. The highest BCUT2D eigenvalue weighted by Crippen LogP contribution is 2.37. The fourth-order valence-electron chi connectivity index (χ4n) is 3.97. The first-order valence-corrected chi connectivity index (χ1v) is 9.75. The van der Waals surface area contributed by atoms with E-state index in [1.165, 1.54) is 37.7 Å². The van der Waals surface area contributed by atoms with E-state index in [1.54, 1.807) is 0 Å². The summed E-state index contributed by atoms with van der Waals surface area (Å²) in [5, 5.41) is 0. The van der Waals surface area contributed by atoms with E-state index in [9.17, 15) is 0 Å². The van der Waals surface area contributed by atoms with Gasteiger partial charge in [-0.25, -0.2) is 4.99 Å². The van der Waals surface area contributed by atoms with Crippen LogP contribution in [-0.2, 0) is 0 Å². The number of aromatic nitrogens is 1. The van der Waals surface area contributed by atoms with Gasteiger partial charge in [-0.05, 0) is 19.8 Å². The van der Waals surface area contributed by atoms with E-state index >= 15 is 0 Å². The van der Waals surface area contributed by atoms with Gasteiger partial charge in [0.1, 0.15) is 0 Å². The molecule has 0 N–H and O–H groups in total. The molecule has 0 bridgehead atoms. The van der Waals surface area contributed by atoms with E-state index in [1.807, 2.05) is 6.07 Å². The van der Waals surface area contributed by atoms with Crippen molar-refractivity contribution < 1.29 is 4.42 Å². The standard InChI is InChI=1S/C23H26N2O/c1-2-24-23-25(20-16-10-5-11-17-20)21(18-12-6-3-7-13-18)22(26-23)19-14-8-4-9-15-19/h3-4,6-9,12-15,20H,2,5,10-11,16-17H2,1H3. The molecule has 2 aromatic carbocycles. The minimum absolute atomic E-state index is 0.463. The molecule has 134 valence electrons. The number of benzene rings is 2. The van der Waals surface area contributed by atoms with Crippen LogP contribution in [0.2, 0.25) is 0 Å². The normalized spacial score (nSPS) is 16.1. The number of hydrogen-bond acceptors (Lipinski definition) is 2. The highest BCUT2D eigenvalue weighted by molar-refractivity contribution is 5.77. The lowest BCUT2D eigenvalue weighted by Gasteiger charge is -2.24. The molecule has 0 aliphatic heterocycles. The second-order valence-electron chi connectivity index (χ2n) is 6.93. The van der Waals surface area contributed by atoms with Gasteiger partial charge in [-0.2, -0.15) is 0 Å². The Bertz CT molecular complexity index is 900. The van der Waals surface area contributed by atoms with E-state index in [0.717, 1.165) is 29.2 Å². The molecule has 1 aliphatic carbocycles. The average molecular weight is 346 g/mol. The summed E-state index contributed by atoms with van der Waals surface area (Å²) in [5.41, 5.74) is 4.22. The third-order valence-electron chi connectivity index (χ3n) is 5.17. The lowest BCUT2D eigenvalue weighted by atomic mass is 9.94. The Morgan fingerprint density at radius 2 is 1.50 bits per heavy atom. The zero-order valence-electron chi connectivity index (χ0n) is 15.4. The largest absolute Gasteiger partial charge is 0.423 e. The Balaban J connectivity index is 1.99. The van der Waals surface area contributed by atoms with Crippen LogP contribution < -0.4 is 5.68 Å². The Hall–Kier alpha value is -2.55. The highest BCUT2D eigenvalue weighted by Gasteiger charge is 2.25. The molecule has 0 radical (unpaired) electrons. The van der Waals surface area contributed by atoms with Crippen molar-refractivity contribution in [3.8, 4) is 22.6 Å². The lowest BCUT2D eigenvalue weighted by molar-refractivity contribution is 0.325. The molecule has 1 fully saturated rings. The Morgan fingerprint density at radius 3 is 2.12 bits per heavy atom. The van der Waals surface area contributed by atoms with Gasteiger partial charge in [0.2, 0.25) is 0 Å². The molecular weight excluding hydrogens is 320 g/mol. The van der Waals surface area contributed by atoms with Crippen molar-refractivity contribution in [2.75, 3.05) is 6.54 Å². The molecule has 0 amide bonds. The lowest BCUT2D eigenvalue weighted by Crippen LogP contribution is -2.25. The van der Waals surface area contributed by atoms with Crippen molar-refractivity contribution in [2.24, 2.45) is 4.99 Å². The smallest absolute Gasteiger partial charge is 0.297 e. The summed E-state index contributed by atoms with van der Waals surface area (Å²) in [5.74, 6) is 0.926. The first-order chi connectivity index (χ1) is 12.9. The van der Waals surface area contributed by atoms with E-state index in [2.05, 4.69) is 66.1 Å². The highest BCUT2D eigenvalue weighted by atomic mass is 16.4. The Kier molecular flexibility index (Phi) is 5.05. The van der Waals surface area contributed by atoms with Gasteiger partial charge >= 0.3 is 0 Å². The molecule has 0 spiro atoms. The van der Waals surface area contributed by atoms with Gasteiger partial charge in [-0.3, -0.25) is 4.57 Å². The first-order valence-electron chi connectivity index (χ1n) is 9.75. The topological polar surface area (TPSA) is 30.4 Å². The molecule has 0 saturated heterocycles. The summed E-state index contributed by atoms with van der Waals surface area (Å²) in [6.07, 6.45) is 6.29. The van der Waals surface area contributed by atoms with Crippen molar-refractivity contribution in [3.63, 3.8) is 0 Å². The molecule has 3 nitrogen and oxygen atoms in total. The number of hydrogen-bond donors (Lipinski definition) is 0. The third kappa shape index (κ3) is 3.26. The Morgan fingerprint density at radius 1 is 0.885 bits per heavy atom. The molecule has 4 rings (SSSR count). The van der Waals surface area contributed by atoms with Crippen LogP contribution >= 0.6 is 0 Å². The number of oxazole rings is 1. The van der Waals surface area contributed by atoms with E-state index in [4.69, 9.17) is 9.41 Å². The van der Waals surface area contributed by atoms with Crippen molar-refractivity contribution >= 4 is 0 Å². The van der Waals surface area contributed by atoms with Gasteiger partial charge in [0.15, 0.2) is 5.76 Å². The number of rotatable bonds is 4. The molecular formula is C23H26N2O.